The third-order valence-electron chi connectivity index (χ3n) is 4.69. The molecule has 1 heterocycles. The molecule has 0 aromatic rings. The van der Waals surface area contributed by atoms with E-state index in [1.165, 1.54) is 26.4 Å². The van der Waals surface area contributed by atoms with Gasteiger partial charge in [-0.25, -0.2) is 0 Å². The van der Waals surface area contributed by atoms with E-state index >= 15 is 0 Å². The molecule has 2 N–H and O–H groups in total. The van der Waals surface area contributed by atoms with Crippen LogP contribution >= 0.6 is 0 Å². The van der Waals surface area contributed by atoms with Crippen LogP contribution in [-0.4, -0.2) is 42.1 Å². The number of carbonyl (C=O) groups excluding carboxylic acids is 1. The van der Waals surface area contributed by atoms with E-state index in [-0.39, 0.29) is 5.97 Å². The molecule has 18 heavy (non-hydrogen) atoms. The number of rotatable bonds is 4. The maximum atomic E-state index is 12.0. The number of nitrogens with two attached hydrogens (primary N) is 1. The summed E-state index contributed by atoms with van der Waals surface area (Å²) in [5.41, 5.74) is 5.60. The molecule has 0 radical (unpaired) electrons. The van der Waals surface area contributed by atoms with Crippen LogP contribution in [0, 0.1) is 5.92 Å². The zero-order valence-electron chi connectivity index (χ0n) is 11.8. The van der Waals surface area contributed by atoms with Crippen LogP contribution in [0.25, 0.3) is 0 Å². The minimum absolute atomic E-state index is 0.241. The van der Waals surface area contributed by atoms with Gasteiger partial charge in [-0.1, -0.05) is 6.42 Å². The summed E-state index contributed by atoms with van der Waals surface area (Å²) < 4.78 is 4.94. The highest BCUT2D eigenvalue weighted by Gasteiger charge is 2.50. The van der Waals surface area contributed by atoms with Crippen molar-refractivity contribution in [3.63, 3.8) is 0 Å². The second-order valence-corrected chi connectivity index (χ2v) is 6.11. The summed E-state index contributed by atoms with van der Waals surface area (Å²) in [6.45, 7) is 5.12. The van der Waals surface area contributed by atoms with Gasteiger partial charge in [-0.3, -0.25) is 9.69 Å². The second kappa shape index (κ2) is 5.17. The molecule has 4 heteroatoms. The van der Waals surface area contributed by atoms with E-state index in [0.717, 1.165) is 12.8 Å². The number of hydrogen-bond acceptors (Lipinski definition) is 4. The van der Waals surface area contributed by atoms with E-state index in [4.69, 9.17) is 10.5 Å². The first-order chi connectivity index (χ1) is 8.49. The van der Waals surface area contributed by atoms with Crippen LogP contribution in [0.3, 0.4) is 0 Å². The number of piperidine rings is 1. The number of carbonyl (C=O) groups is 1. The highest BCUT2D eigenvalue weighted by atomic mass is 16.5. The van der Waals surface area contributed by atoms with E-state index in [1.54, 1.807) is 0 Å². The molecule has 3 unspecified atom stereocenters. The van der Waals surface area contributed by atoms with Gasteiger partial charge in [0.2, 0.25) is 0 Å². The lowest BCUT2D eigenvalue weighted by molar-refractivity contribution is -0.149. The average Bonchev–Trinajstić information content (AvgIpc) is 3.17. The van der Waals surface area contributed by atoms with Gasteiger partial charge in [-0.2, -0.15) is 0 Å². The molecule has 0 aromatic carbocycles. The summed E-state index contributed by atoms with van der Waals surface area (Å²) in [7, 11) is 1.44. The molecule has 2 aliphatic rings. The maximum Gasteiger partial charge on any atom is 0.327 e. The summed E-state index contributed by atoms with van der Waals surface area (Å²) in [5.74, 6) is 0.0706. The van der Waals surface area contributed by atoms with E-state index in [9.17, 15) is 4.79 Å². The first-order valence-electron chi connectivity index (χ1n) is 7.12. The fourth-order valence-electron chi connectivity index (χ4n) is 3.24. The standard InChI is InChI=1S/C14H26N2O2/c1-10-5-4-6-11(2)16(10)9-14(15,12-7-8-12)13(17)18-3/h10-12H,4-9,15H2,1-3H3. The Kier molecular flexibility index (Phi) is 3.97. The van der Waals surface area contributed by atoms with Crippen molar-refractivity contribution in [2.75, 3.05) is 13.7 Å². The Morgan fingerprint density at radius 1 is 1.28 bits per heavy atom. The average molecular weight is 254 g/mol. The minimum atomic E-state index is -0.797. The number of likely N-dealkylation sites (tertiary alicyclic amines) is 1. The monoisotopic (exact) mass is 254 g/mol. The van der Waals surface area contributed by atoms with Gasteiger partial charge < -0.3 is 10.5 Å². The smallest absolute Gasteiger partial charge is 0.327 e. The molecular formula is C14H26N2O2. The van der Waals surface area contributed by atoms with E-state index in [2.05, 4.69) is 18.7 Å². The van der Waals surface area contributed by atoms with Crippen molar-refractivity contribution < 1.29 is 9.53 Å². The van der Waals surface area contributed by atoms with Gasteiger partial charge in [0, 0.05) is 18.6 Å². The largest absolute Gasteiger partial charge is 0.468 e. The van der Waals surface area contributed by atoms with Crippen LogP contribution in [0.4, 0.5) is 0 Å². The minimum Gasteiger partial charge on any atom is -0.468 e. The van der Waals surface area contributed by atoms with E-state index in [1.807, 2.05) is 0 Å². The molecule has 2 rings (SSSR count). The zero-order chi connectivity index (χ0) is 13.3. The third-order valence-corrected chi connectivity index (χ3v) is 4.69. The lowest BCUT2D eigenvalue weighted by Gasteiger charge is -2.43. The van der Waals surface area contributed by atoms with E-state index < -0.39 is 5.54 Å². The molecule has 0 bridgehead atoms. The molecule has 1 saturated carbocycles. The van der Waals surface area contributed by atoms with Crippen LogP contribution in [-0.2, 0) is 9.53 Å². The normalized spacial score (nSPS) is 32.9. The Balaban J connectivity index is 2.10. The van der Waals surface area contributed by atoms with Crippen LogP contribution in [0.15, 0.2) is 0 Å². The van der Waals surface area contributed by atoms with Gasteiger partial charge in [-0.15, -0.1) is 0 Å². The zero-order valence-corrected chi connectivity index (χ0v) is 11.8. The van der Waals surface area contributed by atoms with Gasteiger partial charge in [0.05, 0.1) is 7.11 Å². The lowest BCUT2D eigenvalue weighted by Crippen LogP contribution is -2.61. The lowest BCUT2D eigenvalue weighted by atomic mass is 9.89. The highest BCUT2D eigenvalue weighted by molar-refractivity contribution is 5.81. The van der Waals surface area contributed by atoms with Gasteiger partial charge in [0.25, 0.3) is 0 Å². The van der Waals surface area contributed by atoms with Crippen molar-refractivity contribution in [3.05, 3.63) is 0 Å². The van der Waals surface area contributed by atoms with Crippen LogP contribution in [0.5, 0.6) is 0 Å². The van der Waals surface area contributed by atoms with Gasteiger partial charge >= 0.3 is 5.97 Å². The summed E-state index contributed by atoms with van der Waals surface area (Å²) in [6.07, 6.45) is 5.79. The molecule has 2 fully saturated rings. The first-order valence-corrected chi connectivity index (χ1v) is 7.12. The number of hydrogen-bond donors (Lipinski definition) is 1. The quantitative estimate of drug-likeness (QED) is 0.773. The van der Waals surface area contributed by atoms with Gasteiger partial charge in [-0.05, 0) is 45.4 Å². The number of ether oxygens (including phenoxy) is 1. The Bertz CT molecular complexity index is 307. The molecule has 1 aliphatic heterocycles. The first kappa shape index (κ1) is 13.8. The molecule has 0 aromatic heterocycles. The van der Waals surface area contributed by atoms with Crippen molar-refractivity contribution in [2.45, 2.75) is 63.6 Å². The summed E-state index contributed by atoms with van der Waals surface area (Å²) in [4.78, 5) is 14.4. The van der Waals surface area contributed by atoms with Crippen molar-refractivity contribution in [1.29, 1.82) is 0 Å². The van der Waals surface area contributed by atoms with Crippen molar-refractivity contribution in [3.8, 4) is 0 Å². The Morgan fingerprint density at radius 3 is 2.28 bits per heavy atom. The van der Waals surface area contributed by atoms with E-state index in [0.29, 0.717) is 24.5 Å². The molecule has 104 valence electrons. The molecule has 0 amide bonds. The number of nitrogens with zero attached hydrogens (tertiary/aromatic N) is 1. The Hall–Kier alpha value is -0.610. The Labute approximate surface area is 110 Å². The van der Waals surface area contributed by atoms with Crippen LogP contribution < -0.4 is 5.73 Å². The number of methoxy groups -OCH3 is 1. The summed E-state index contributed by atoms with van der Waals surface area (Å²) in [6, 6.07) is 1.03. The van der Waals surface area contributed by atoms with Crippen LogP contribution in [0.2, 0.25) is 0 Å². The van der Waals surface area contributed by atoms with Gasteiger partial charge in [0.15, 0.2) is 0 Å². The summed E-state index contributed by atoms with van der Waals surface area (Å²) >= 11 is 0. The molecule has 3 atom stereocenters. The molecule has 1 saturated heterocycles. The van der Waals surface area contributed by atoms with Crippen molar-refractivity contribution in [2.24, 2.45) is 11.7 Å². The van der Waals surface area contributed by atoms with Crippen molar-refractivity contribution >= 4 is 5.97 Å². The summed E-state index contributed by atoms with van der Waals surface area (Å²) in [5, 5.41) is 0. The molecule has 1 aliphatic carbocycles. The highest BCUT2D eigenvalue weighted by Crippen LogP contribution is 2.40. The third kappa shape index (κ3) is 2.54. The second-order valence-electron chi connectivity index (χ2n) is 6.11. The maximum absolute atomic E-state index is 12.0. The molecular weight excluding hydrogens is 228 g/mol. The Morgan fingerprint density at radius 2 is 1.83 bits per heavy atom. The fourth-order valence-corrected chi connectivity index (χ4v) is 3.24. The predicted molar refractivity (Wildman–Crippen MR) is 71.1 cm³/mol. The fraction of sp³-hybridized carbons (Fsp3) is 0.929. The topological polar surface area (TPSA) is 55.6 Å². The predicted octanol–water partition coefficient (Wildman–Crippen LogP) is 1.53. The SMILES string of the molecule is COC(=O)C(N)(CN1C(C)CCCC1C)C1CC1. The molecule has 4 nitrogen and oxygen atoms in total. The van der Waals surface area contributed by atoms with Gasteiger partial charge in [0.1, 0.15) is 5.54 Å². The van der Waals surface area contributed by atoms with Crippen molar-refractivity contribution in [1.82, 2.24) is 4.90 Å². The molecule has 0 spiro atoms. The van der Waals surface area contributed by atoms with Crippen LogP contribution in [0.1, 0.15) is 46.0 Å². The number of esters is 1.